The third kappa shape index (κ3) is 3.95. The van der Waals surface area contributed by atoms with E-state index in [1.165, 1.54) is 6.07 Å². The predicted molar refractivity (Wildman–Crippen MR) is 52.6 cm³/mol. The van der Waals surface area contributed by atoms with Crippen molar-refractivity contribution in [3.8, 4) is 5.88 Å². The van der Waals surface area contributed by atoms with Gasteiger partial charge in [0, 0.05) is 12.0 Å². The monoisotopic (exact) mass is 236 g/mol. The Morgan fingerprint density at radius 2 is 2.07 bits per heavy atom. The Kier molecular flexibility index (Phi) is 4.20. The van der Waals surface area contributed by atoms with E-state index in [4.69, 9.17) is 16.3 Å². The van der Waals surface area contributed by atoms with Crippen molar-refractivity contribution in [3.05, 3.63) is 17.0 Å². The van der Waals surface area contributed by atoms with Gasteiger partial charge >= 0.3 is 0 Å². The van der Waals surface area contributed by atoms with E-state index in [1.807, 2.05) is 13.8 Å². The molecule has 0 aliphatic heterocycles. The molecule has 0 amide bonds. The van der Waals surface area contributed by atoms with Crippen molar-refractivity contribution in [2.45, 2.75) is 26.2 Å². The van der Waals surface area contributed by atoms with E-state index in [-0.39, 0.29) is 17.0 Å². The van der Waals surface area contributed by atoms with Crippen molar-refractivity contribution in [1.29, 1.82) is 0 Å². The second-order valence-corrected chi connectivity index (χ2v) is 3.63. The maximum Gasteiger partial charge on any atom is 0.272 e. The minimum absolute atomic E-state index is 0.0672. The number of hydrogen-bond donors (Lipinski definition) is 0. The van der Waals surface area contributed by atoms with Gasteiger partial charge in [-0.15, -0.1) is 0 Å². The molecule has 0 saturated heterocycles. The van der Waals surface area contributed by atoms with E-state index in [0.717, 1.165) is 0 Å². The Morgan fingerprint density at radius 3 is 2.60 bits per heavy atom. The minimum atomic E-state index is -2.53. The first-order valence-electron chi connectivity index (χ1n) is 4.44. The highest BCUT2D eigenvalue weighted by atomic mass is 35.5. The lowest BCUT2D eigenvalue weighted by Gasteiger charge is -2.08. The Hall–Kier alpha value is -0.970. The first-order chi connectivity index (χ1) is 6.99. The Morgan fingerprint density at radius 1 is 1.40 bits per heavy atom. The van der Waals surface area contributed by atoms with Crippen LogP contribution in [0.15, 0.2) is 6.07 Å². The molecule has 0 saturated carbocycles. The topological polar surface area (TPSA) is 35.0 Å². The van der Waals surface area contributed by atoms with Gasteiger partial charge in [-0.1, -0.05) is 25.4 Å². The van der Waals surface area contributed by atoms with Crippen molar-refractivity contribution in [3.63, 3.8) is 0 Å². The van der Waals surface area contributed by atoms with Crippen LogP contribution >= 0.6 is 11.6 Å². The van der Waals surface area contributed by atoms with Crippen LogP contribution in [0.25, 0.3) is 0 Å². The smallest absolute Gasteiger partial charge is 0.272 e. The van der Waals surface area contributed by atoms with Crippen molar-refractivity contribution < 1.29 is 13.5 Å². The molecule has 0 N–H and O–H groups in total. The van der Waals surface area contributed by atoms with Crippen LogP contribution in [-0.4, -0.2) is 23.0 Å². The molecule has 0 atom stereocenters. The van der Waals surface area contributed by atoms with E-state index in [2.05, 4.69) is 9.97 Å². The van der Waals surface area contributed by atoms with Gasteiger partial charge in [0.2, 0.25) is 5.88 Å². The number of aromatic nitrogens is 2. The third-order valence-corrected chi connectivity index (χ3v) is 1.76. The largest absolute Gasteiger partial charge is 0.471 e. The average Bonchev–Trinajstić information content (AvgIpc) is 2.13. The summed E-state index contributed by atoms with van der Waals surface area (Å²) in [6.07, 6.45) is -2.53. The number of hydrogen-bond acceptors (Lipinski definition) is 3. The molecule has 0 aliphatic carbocycles. The fraction of sp³-hybridized carbons (Fsp3) is 0.556. The Balaban J connectivity index is 2.79. The summed E-state index contributed by atoms with van der Waals surface area (Å²) in [6, 6.07) is 1.32. The molecule has 15 heavy (non-hydrogen) atoms. The summed E-state index contributed by atoms with van der Waals surface area (Å²) < 4.78 is 28.5. The molecule has 6 heteroatoms. The highest BCUT2D eigenvalue weighted by Crippen LogP contribution is 2.18. The van der Waals surface area contributed by atoms with Crippen molar-refractivity contribution >= 4 is 11.6 Å². The molecule has 84 valence electrons. The Labute approximate surface area is 91.4 Å². The molecule has 3 nitrogen and oxygen atoms in total. The SMILES string of the molecule is CC(C)c1nc(Cl)cc(OCC(F)F)n1. The lowest BCUT2D eigenvalue weighted by Crippen LogP contribution is -2.09. The van der Waals surface area contributed by atoms with Gasteiger partial charge in [0.25, 0.3) is 6.43 Å². The molecule has 1 rings (SSSR count). The fourth-order valence-electron chi connectivity index (χ4n) is 0.894. The molecular formula is C9H11ClF2N2O. The van der Waals surface area contributed by atoms with Crippen molar-refractivity contribution in [2.75, 3.05) is 6.61 Å². The molecular weight excluding hydrogens is 226 g/mol. The summed E-state index contributed by atoms with van der Waals surface area (Å²) in [5.41, 5.74) is 0. The van der Waals surface area contributed by atoms with Crippen molar-refractivity contribution in [1.82, 2.24) is 9.97 Å². The van der Waals surface area contributed by atoms with Gasteiger partial charge in [-0.2, -0.15) is 4.98 Å². The van der Waals surface area contributed by atoms with Gasteiger partial charge in [-0.25, -0.2) is 13.8 Å². The van der Waals surface area contributed by atoms with Crippen LogP contribution in [0, 0.1) is 0 Å². The van der Waals surface area contributed by atoms with Gasteiger partial charge in [0.15, 0.2) is 6.61 Å². The number of halogens is 3. The Bertz CT molecular complexity index is 334. The number of alkyl halides is 2. The summed E-state index contributed by atoms with van der Waals surface area (Å²) in [5.74, 6) is 0.628. The molecule has 0 radical (unpaired) electrons. The number of rotatable bonds is 4. The van der Waals surface area contributed by atoms with Gasteiger partial charge < -0.3 is 4.74 Å². The van der Waals surface area contributed by atoms with Crippen LogP contribution in [0.4, 0.5) is 8.78 Å². The van der Waals surface area contributed by atoms with Crippen LogP contribution in [0.1, 0.15) is 25.6 Å². The lowest BCUT2D eigenvalue weighted by molar-refractivity contribution is 0.0793. The van der Waals surface area contributed by atoms with Gasteiger partial charge in [-0.3, -0.25) is 0 Å². The summed E-state index contributed by atoms with van der Waals surface area (Å²) in [4.78, 5) is 7.90. The van der Waals surface area contributed by atoms with E-state index in [0.29, 0.717) is 5.82 Å². The predicted octanol–water partition coefficient (Wildman–Crippen LogP) is 2.90. The average molecular weight is 237 g/mol. The molecule has 0 fully saturated rings. The third-order valence-electron chi connectivity index (χ3n) is 1.56. The quantitative estimate of drug-likeness (QED) is 0.754. The molecule has 1 aromatic heterocycles. The second kappa shape index (κ2) is 5.21. The standard InChI is InChI=1S/C9H11ClF2N2O/c1-5(2)9-13-6(10)3-8(14-9)15-4-7(11)12/h3,5,7H,4H2,1-2H3. The van der Waals surface area contributed by atoms with Gasteiger partial charge in [0.05, 0.1) is 0 Å². The van der Waals surface area contributed by atoms with Crippen LogP contribution in [0.3, 0.4) is 0 Å². The van der Waals surface area contributed by atoms with E-state index in [1.54, 1.807) is 0 Å². The maximum absolute atomic E-state index is 11.9. The lowest BCUT2D eigenvalue weighted by atomic mass is 10.2. The van der Waals surface area contributed by atoms with E-state index in [9.17, 15) is 8.78 Å². The van der Waals surface area contributed by atoms with Crippen LogP contribution in [-0.2, 0) is 0 Å². The summed E-state index contributed by atoms with van der Waals surface area (Å²) in [5, 5.41) is 0.193. The highest BCUT2D eigenvalue weighted by molar-refractivity contribution is 6.29. The minimum Gasteiger partial charge on any atom is -0.471 e. The zero-order valence-corrected chi connectivity index (χ0v) is 9.13. The molecule has 0 spiro atoms. The first-order valence-corrected chi connectivity index (χ1v) is 4.82. The van der Waals surface area contributed by atoms with Gasteiger partial charge in [0.1, 0.15) is 11.0 Å². The molecule has 1 heterocycles. The summed E-state index contributed by atoms with van der Waals surface area (Å²) in [6.45, 7) is 3.07. The van der Waals surface area contributed by atoms with Crippen LogP contribution < -0.4 is 4.74 Å². The zero-order valence-electron chi connectivity index (χ0n) is 8.38. The normalized spacial score (nSPS) is 11.1. The molecule has 1 aromatic rings. The van der Waals surface area contributed by atoms with E-state index >= 15 is 0 Å². The second-order valence-electron chi connectivity index (χ2n) is 3.24. The van der Waals surface area contributed by atoms with Crippen molar-refractivity contribution in [2.24, 2.45) is 0 Å². The highest BCUT2D eigenvalue weighted by Gasteiger charge is 2.09. The van der Waals surface area contributed by atoms with Gasteiger partial charge in [-0.05, 0) is 0 Å². The van der Waals surface area contributed by atoms with Crippen LogP contribution in [0.5, 0.6) is 5.88 Å². The molecule has 0 unspecified atom stereocenters. The van der Waals surface area contributed by atoms with Crippen LogP contribution in [0.2, 0.25) is 5.15 Å². The number of nitrogens with zero attached hydrogens (tertiary/aromatic N) is 2. The maximum atomic E-state index is 11.9. The molecule has 0 aliphatic rings. The van der Waals surface area contributed by atoms with E-state index < -0.39 is 13.0 Å². The summed E-state index contributed by atoms with van der Waals surface area (Å²) >= 11 is 5.69. The first kappa shape index (κ1) is 12.1. The summed E-state index contributed by atoms with van der Waals surface area (Å²) in [7, 11) is 0. The molecule has 0 aromatic carbocycles. The zero-order chi connectivity index (χ0) is 11.4. The fourth-order valence-corrected chi connectivity index (χ4v) is 1.07. The molecule has 0 bridgehead atoms. The number of ether oxygens (including phenoxy) is 1.